The minimum absolute atomic E-state index is 0.0134. The van der Waals surface area contributed by atoms with Gasteiger partial charge in [-0.1, -0.05) is 36.8 Å². The Morgan fingerprint density at radius 1 is 1.35 bits per heavy atom. The monoisotopic (exact) mass is 235 g/mol. The molecule has 3 heteroatoms. The first-order valence-corrected chi connectivity index (χ1v) is 5.96. The zero-order chi connectivity index (χ0) is 12.8. The van der Waals surface area contributed by atoms with E-state index in [1.807, 2.05) is 13.8 Å². The van der Waals surface area contributed by atoms with Gasteiger partial charge in [-0.3, -0.25) is 4.79 Å². The number of aliphatic hydroxyl groups is 1. The standard InChI is InChI=1S/C14H21NO2/c1-11-4-6-13(7-5-11)10-12(2)14(17)15(3)8-9-16/h4-7,12,16H,8-10H2,1-3H3. The predicted molar refractivity (Wildman–Crippen MR) is 68.8 cm³/mol. The van der Waals surface area contributed by atoms with Crippen molar-refractivity contribution in [2.45, 2.75) is 20.3 Å². The summed E-state index contributed by atoms with van der Waals surface area (Å²) in [6, 6.07) is 8.24. The molecule has 1 atom stereocenters. The second-order valence-corrected chi connectivity index (χ2v) is 4.57. The summed E-state index contributed by atoms with van der Waals surface area (Å²) in [5.41, 5.74) is 2.40. The number of rotatable bonds is 5. The minimum atomic E-state index is -0.0470. The van der Waals surface area contributed by atoms with Crippen molar-refractivity contribution in [3.63, 3.8) is 0 Å². The first-order valence-electron chi connectivity index (χ1n) is 5.96. The molecule has 0 saturated heterocycles. The summed E-state index contributed by atoms with van der Waals surface area (Å²) in [5, 5.41) is 8.79. The molecule has 1 aromatic carbocycles. The molecule has 1 aromatic rings. The van der Waals surface area contributed by atoms with Crippen LogP contribution in [0.15, 0.2) is 24.3 Å². The van der Waals surface area contributed by atoms with Gasteiger partial charge in [0.25, 0.3) is 0 Å². The highest BCUT2D eigenvalue weighted by Crippen LogP contribution is 2.11. The average molecular weight is 235 g/mol. The Balaban J connectivity index is 2.56. The summed E-state index contributed by atoms with van der Waals surface area (Å²) in [5.74, 6) is 0.0360. The lowest BCUT2D eigenvalue weighted by Gasteiger charge is -2.20. The number of hydrogen-bond donors (Lipinski definition) is 1. The van der Waals surface area contributed by atoms with Gasteiger partial charge in [-0.05, 0) is 18.9 Å². The molecule has 0 aliphatic rings. The largest absolute Gasteiger partial charge is 0.395 e. The third-order valence-corrected chi connectivity index (χ3v) is 2.90. The maximum Gasteiger partial charge on any atom is 0.225 e. The van der Waals surface area contributed by atoms with E-state index in [2.05, 4.69) is 24.3 Å². The smallest absolute Gasteiger partial charge is 0.225 e. The number of carbonyl (C=O) groups is 1. The Bertz CT molecular complexity index is 359. The summed E-state index contributed by atoms with van der Waals surface area (Å²) in [6.07, 6.45) is 0.745. The maximum atomic E-state index is 11.9. The fourth-order valence-electron chi connectivity index (χ4n) is 1.80. The Hall–Kier alpha value is -1.35. The summed E-state index contributed by atoms with van der Waals surface area (Å²) < 4.78 is 0. The van der Waals surface area contributed by atoms with E-state index in [4.69, 9.17) is 5.11 Å². The van der Waals surface area contributed by atoms with Crippen LogP contribution >= 0.6 is 0 Å². The third kappa shape index (κ3) is 4.19. The van der Waals surface area contributed by atoms with Crippen LogP contribution in [0.25, 0.3) is 0 Å². The fraction of sp³-hybridized carbons (Fsp3) is 0.500. The van der Waals surface area contributed by atoms with E-state index in [1.54, 1.807) is 11.9 Å². The molecule has 0 radical (unpaired) electrons. The molecule has 0 aromatic heterocycles. The van der Waals surface area contributed by atoms with Gasteiger partial charge in [0.05, 0.1) is 6.61 Å². The zero-order valence-electron chi connectivity index (χ0n) is 10.8. The predicted octanol–water partition coefficient (Wildman–Crippen LogP) is 1.62. The van der Waals surface area contributed by atoms with Crippen LogP contribution in [0.4, 0.5) is 0 Å². The van der Waals surface area contributed by atoms with Crippen molar-refractivity contribution in [3.8, 4) is 0 Å². The number of hydrogen-bond acceptors (Lipinski definition) is 2. The second-order valence-electron chi connectivity index (χ2n) is 4.57. The van der Waals surface area contributed by atoms with Crippen molar-refractivity contribution in [1.29, 1.82) is 0 Å². The Labute approximate surface area is 103 Å². The van der Waals surface area contributed by atoms with Gasteiger partial charge >= 0.3 is 0 Å². The molecule has 94 valence electrons. The molecule has 0 fully saturated rings. The van der Waals surface area contributed by atoms with Crippen LogP contribution in [0.1, 0.15) is 18.1 Å². The fourth-order valence-corrected chi connectivity index (χ4v) is 1.80. The van der Waals surface area contributed by atoms with Crippen molar-refractivity contribution in [3.05, 3.63) is 35.4 Å². The normalized spacial score (nSPS) is 12.2. The van der Waals surface area contributed by atoms with E-state index in [-0.39, 0.29) is 18.4 Å². The van der Waals surface area contributed by atoms with Crippen molar-refractivity contribution < 1.29 is 9.90 Å². The van der Waals surface area contributed by atoms with E-state index in [1.165, 1.54) is 11.1 Å². The Morgan fingerprint density at radius 2 is 1.94 bits per heavy atom. The van der Waals surface area contributed by atoms with E-state index in [0.717, 1.165) is 6.42 Å². The number of amides is 1. The number of aliphatic hydroxyl groups excluding tert-OH is 1. The molecule has 1 rings (SSSR count). The van der Waals surface area contributed by atoms with Crippen LogP contribution in [0.3, 0.4) is 0 Å². The Morgan fingerprint density at radius 3 is 2.47 bits per heavy atom. The molecule has 17 heavy (non-hydrogen) atoms. The SMILES string of the molecule is Cc1ccc(CC(C)C(=O)N(C)CCO)cc1. The van der Waals surface area contributed by atoms with Crippen molar-refractivity contribution in [1.82, 2.24) is 4.90 Å². The highest BCUT2D eigenvalue weighted by molar-refractivity contribution is 5.78. The molecule has 0 saturated carbocycles. The molecule has 0 bridgehead atoms. The van der Waals surface area contributed by atoms with Crippen LogP contribution in [0.5, 0.6) is 0 Å². The van der Waals surface area contributed by atoms with Gasteiger partial charge in [0, 0.05) is 19.5 Å². The molecular formula is C14H21NO2. The molecule has 0 aliphatic heterocycles. The lowest BCUT2D eigenvalue weighted by molar-refractivity contribution is -0.134. The van der Waals surface area contributed by atoms with Gasteiger partial charge in [-0.2, -0.15) is 0 Å². The quantitative estimate of drug-likeness (QED) is 0.842. The second kappa shape index (κ2) is 6.40. The van der Waals surface area contributed by atoms with Crippen LogP contribution in [-0.2, 0) is 11.2 Å². The molecule has 0 spiro atoms. The Kier molecular flexibility index (Phi) is 5.16. The molecule has 0 heterocycles. The summed E-state index contributed by atoms with van der Waals surface area (Å²) in [6.45, 7) is 4.39. The molecule has 1 N–H and O–H groups in total. The maximum absolute atomic E-state index is 11.9. The lowest BCUT2D eigenvalue weighted by atomic mass is 9.99. The first kappa shape index (κ1) is 13.7. The third-order valence-electron chi connectivity index (χ3n) is 2.90. The van der Waals surface area contributed by atoms with Crippen LogP contribution in [0, 0.1) is 12.8 Å². The van der Waals surface area contributed by atoms with Gasteiger partial charge in [0.1, 0.15) is 0 Å². The van der Waals surface area contributed by atoms with Gasteiger partial charge in [-0.25, -0.2) is 0 Å². The van der Waals surface area contributed by atoms with E-state index < -0.39 is 0 Å². The van der Waals surface area contributed by atoms with Crippen molar-refractivity contribution >= 4 is 5.91 Å². The molecule has 1 amide bonds. The van der Waals surface area contributed by atoms with E-state index in [0.29, 0.717) is 6.54 Å². The van der Waals surface area contributed by atoms with Gasteiger partial charge in [0.15, 0.2) is 0 Å². The summed E-state index contributed by atoms with van der Waals surface area (Å²) in [7, 11) is 1.73. The topological polar surface area (TPSA) is 40.5 Å². The molecule has 3 nitrogen and oxygen atoms in total. The number of nitrogens with zero attached hydrogens (tertiary/aromatic N) is 1. The zero-order valence-corrected chi connectivity index (χ0v) is 10.8. The first-order chi connectivity index (χ1) is 8.04. The number of aryl methyl sites for hydroxylation is 1. The average Bonchev–Trinajstić information content (AvgIpc) is 2.31. The number of likely N-dealkylation sites (N-methyl/N-ethyl adjacent to an activating group) is 1. The van der Waals surface area contributed by atoms with Crippen LogP contribution in [0.2, 0.25) is 0 Å². The van der Waals surface area contributed by atoms with Crippen molar-refractivity contribution in [2.75, 3.05) is 20.2 Å². The molecule has 1 unspecified atom stereocenters. The highest BCUT2D eigenvalue weighted by Gasteiger charge is 2.17. The molecular weight excluding hydrogens is 214 g/mol. The van der Waals surface area contributed by atoms with Gasteiger partial charge in [0.2, 0.25) is 5.91 Å². The summed E-state index contributed by atoms with van der Waals surface area (Å²) >= 11 is 0. The van der Waals surface area contributed by atoms with Gasteiger partial charge in [-0.15, -0.1) is 0 Å². The van der Waals surface area contributed by atoms with E-state index in [9.17, 15) is 4.79 Å². The van der Waals surface area contributed by atoms with E-state index >= 15 is 0 Å². The lowest BCUT2D eigenvalue weighted by Crippen LogP contribution is -2.34. The molecule has 0 aliphatic carbocycles. The van der Waals surface area contributed by atoms with Crippen LogP contribution in [-0.4, -0.2) is 36.1 Å². The number of benzene rings is 1. The number of carbonyl (C=O) groups excluding carboxylic acids is 1. The minimum Gasteiger partial charge on any atom is -0.395 e. The summed E-state index contributed by atoms with van der Waals surface area (Å²) in [4.78, 5) is 13.5. The van der Waals surface area contributed by atoms with Crippen LogP contribution < -0.4 is 0 Å². The highest BCUT2D eigenvalue weighted by atomic mass is 16.3. The van der Waals surface area contributed by atoms with Gasteiger partial charge < -0.3 is 10.0 Å². The van der Waals surface area contributed by atoms with Crippen molar-refractivity contribution in [2.24, 2.45) is 5.92 Å².